The molecule has 0 aromatic rings. The third kappa shape index (κ3) is 4110. The summed E-state index contributed by atoms with van der Waals surface area (Å²) in [5.41, 5.74) is 0. The quantitative estimate of drug-likeness (QED) is 0.380. The van der Waals surface area contributed by atoms with Gasteiger partial charge in [0.15, 0.2) is 0 Å². The van der Waals surface area contributed by atoms with Crippen LogP contribution in [0, 0.1) is 0 Å². The summed E-state index contributed by atoms with van der Waals surface area (Å²) in [5, 5.41) is 0. The first-order valence-electron chi connectivity index (χ1n) is 2.12. The molecule has 0 aliphatic heterocycles. The normalized spacial score (nSPS) is 4.60. The molecule has 0 heterocycles. The molecule has 0 unspecified atom stereocenters. The minimum absolute atomic E-state index is 0.750. The molecule has 0 bridgehead atoms. The lowest BCUT2D eigenvalue weighted by atomic mass is 10.1. The summed E-state index contributed by atoms with van der Waals surface area (Å²) in [6.07, 6.45) is 0.750. The number of hydrogen-bond acceptors (Lipinski definition) is 0. The van der Waals surface area contributed by atoms with Crippen LogP contribution in [0.5, 0.6) is 0 Å². The van der Waals surface area contributed by atoms with Crippen molar-refractivity contribution in [2.75, 3.05) is 0 Å². The highest BCUT2D eigenvalue weighted by atomic mass is 13.2. The van der Waals surface area contributed by atoms with Crippen LogP contribution < -0.4 is 0 Å². The van der Waals surface area contributed by atoms with Crippen LogP contribution in [0.2, 0.25) is 6.32 Å². The van der Waals surface area contributed by atoms with E-state index in [0.29, 0.717) is 0 Å². The van der Waals surface area contributed by atoms with Gasteiger partial charge in [0.1, 0.15) is 0 Å². The van der Waals surface area contributed by atoms with Crippen molar-refractivity contribution in [1.29, 1.82) is 0 Å². The highest BCUT2D eigenvalue weighted by molar-refractivity contribution is 6.08. The summed E-state index contributed by atoms with van der Waals surface area (Å²) < 4.78 is 0. The van der Waals surface area contributed by atoms with E-state index in [1.807, 2.05) is 20.8 Å². The lowest BCUT2D eigenvalue weighted by Crippen LogP contribution is -1.41. The monoisotopic (exact) mass is 70.1 g/mol. The van der Waals surface area contributed by atoms with Crippen molar-refractivity contribution in [2.45, 2.75) is 27.1 Å². The van der Waals surface area contributed by atoms with Gasteiger partial charge in [0.25, 0.3) is 0 Å². The van der Waals surface area contributed by atoms with Crippen molar-refractivity contribution in [2.24, 2.45) is 0 Å². The van der Waals surface area contributed by atoms with Crippen molar-refractivity contribution in [3.05, 3.63) is 0 Å². The molecule has 1 heteroatoms. The van der Waals surface area contributed by atoms with Gasteiger partial charge in [0, 0.05) is 0 Å². The summed E-state index contributed by atoms with van der Waals surface area (Å²) in [7, 11) is 4.85. The summed E-state index contributed by atoms with van der Waals surface area (Å²) in [6.45, 7) is 5.90. The predicted octanol–water partition coefficient (Wildman–Crippen LogP) is 1.62. The lowest BCUT2D eigenvalue weighted by Gasteiger charge is -1.46. The Labute approximate surface area is 36.0 Å². The Morgan fingerprint density at radius 1 is 1.40 bits per heavy atom. The second-order valence-electron chi connectivity index (χ2n) is 0.408. The third-order valence-corrected chi connectivity index (χ3v) is 0. The Morgan fingerprint density at radius 3 is 1.40 bits per heavy atom. The van der Waals surface area contributed by atoms with Crippen LogP contribution in [0.4, 0.5) is 0 Å². The summed E-state index contributed by atoms with van der Waals surface area (Å²) in [5.74, 6) is 0. The summed E-state index contributed by atoms with van der Waals surface area (Å²) in [4.78, 5) is 0. The average Bonchev–Trinajstić information content (AvgIpc) is 1.46. The van der Waals surface area contributed by atoms with Crippen molar-refractivity contribution in [3.8, 4) is 0 Å². The maximum atomic E-state index is 4.85. The first-order valence-corrected chi connectivity index (χ1v) is 2.12. The zero-order valence-corrected chi connectivity index (χ0v) is 4.28. The molecule has 0 aliphatic rings. The van der Waals surface area contributed by atoms with E-state index in [1.54, 1.807) is 0 Å². The van der Waals surface area contributed by atoms with Gasteiger partial charge < -0.3 is 0 Å². The van der Waals surface area contributed by atoms with E-state index in [0.717, 1.165) is 6.32 Å². The SMILES string of the molecule is CC.[B]CC. The molecule has 0 rings (SSSR count). The predicted molar refractivity (Wildman–Crippen MR) is 27.6 cm³/mol. The first-order chi connectivity index (χ1) is 2.41. The largest absolute Gasteiger partial charge is 0.0915 e. The van der Waals surface area contributed by atoms with Crippen molar-refractivity contribution < 1.29 is 0 Å². The van der Waals surface area contributed by atoms with Crippen LogP contribution in [-0.2, 0) is 0 Å². The molecule has 0 fully saturated rings. The fourth-order valence-corrected chi connectivity index (χ4v) is 0. The second kappa shape index (κ2) is 33.7. The van der Waals surface area contributed by atoms with Gasteiger partial charge in [-0.2, -0.15) is 0 Å². The van der Waals surface area contributed by atoms with E-state index in [9.17, 15) is 0 Å². The van der Waals surface area contributed by atoms with Crippen LogP contribution in [0.25, 0.3) is 0 Å². The Morgan fingerprint density at radius 2 is 1.40 bits per heavy atom. The molecule has 0 aliphatic carbocycles. The average molecular weight is 69.9 g/mol. The van der Waals surface area contributed by atoms with Crippen LogP contribution in [0.15, 0.2) is 0 Å². The van der Waals surface area contributed by atoms with Crippen molar-refractivity contribution in [3.63, 3.8) is 0 Å². The highest BCUT2D eigenvalue weighted by Gasteiger charge is 1.37. The zero-order chi connectivity index (χ0) is 4.71. The molecule has 0 nitrogen and oxygen atoms in total. The molecule has 2 radical (unpaired) electrons. The molecule has 0 amide bonds. The van der Waals surface area contributed by atoms with E-state index >= 15 is 0 Å². The van der Waals surface area contributed by atoms with E-state index in [1.165, 1.54) is 0 Å². The highest BCUT2D eigenvalue weighted by Crippen LogP contribution is 1.49. The standard InChI is InChI=1S/C2H5B.C2H6/c1-2-3;1-2/h2H2,1H3;1-2H3. The Kier molecular flexibility index (Phi) is 60.0. The molecular formula is C4H11B. The van der Waals surface area contributed by atoms with Crippen LogP contribution in [-0.4, -0.2) is 7.85 Å². The number of hydrogen-bond donors (Lipinski definition) is 0. The third-order valence-electron chi connectivity index (χ3n) is 0. The maximum Gasteiger partial charge on any atom is 0.0649 e. The Balaban J connectivity index is 0. The Bertz CT molecular complexity index is 3.61. The van der Waals surface area contributed by atoms with Gasteiger partial charge in [-0.3, -0.25) is 0 Å². The molecule has 0 N–H and O–H groups in total. The van der Waals surface area contributed by atoms with Gasteiger partial charge in [0.2, 0.25) is 0 Å². The smallest absolute Gasteiger partial charge is 0.0649 e. The second-order valence-corrected chi connectivity index (χ2v) is 0.408. The molecular weight excluding hydrogens is 58.9 g/mol. The molecule has 0 saturated heterocycles. The van der Waals surface area contributed by atoms with Gasteiger partial charge in [-0.25, -0.2) is 0 Å². The van der Waals surface area contributed by atoms with E-state index < -0.39 is 0 Å². The maximum absolute atomic E-state index is 4.85. The zero-order valence-electron chi connectivity index (χ0n) is 4.28. The van der Waals surface area contributed by atoms with Crippen molar-refractivity contribution >= 4 is 7.85 Å². The molecule has 5 heavy (non-hydrogen) atoms. The fourth-order valence-electron chi connectivity index (χ4n) is 0. The van der Waals surface area contributed by atoms with Crippen molar-refractivity contribution in [1.82, 2.24) is 0 Å². The van der Waals surface area contributed by atoms with E-state index in [-0.39, 0.29) is 0 Å². The lowest BCUT2D eigenvalue weighted by molar-refractivity contribution is 1.48. The van der Waals surface area contributed by atoms with Crippen LogP contribution >= 0.6 is 0 Å². The number of rotatable bonds is 0. The van der Waals surface area contributed by atoms with Gasteiger partial charge in [-0.1, -0.05) is 27.1 Å². The van der Waals surface area contributed by atoms with E-state index in [4.69, 9.17) is 7.85 Å². The van der Waals surface area contributed by atoms with Crippen LogP contribution in [0.3, 0.4) is 0 Å². The molecule has 0 aromatic heterocycles. The molecule has 0 atom stereocenters. The summed E-state index contributed by atoms with van der Waals surface area (Å²) in [6, 6.07) is 0. The van der Waals surface area contributed by atoms with Gasteiger partial charge in [-0.15, -0.1) is 0 Å². The molecule has 30 valence electrons. The minimum atomic E-state index is 0.750. The van der Waals surface area contributed by atoms with Gasteiger partial charge in [0.05, 0.1) is 7.85 Å². The summed E-state index contributed by atoms with van der Waals surface area (Å²) >= 11 is 0. The molecule has 0 aromatic carbocycles. The van der Waals surface area contributed by atoms with Gasteiger partial charge in [-0.05, 0) is 0 Å². The minimum Gasteiger partial charge on any atom is -0.0915 e. The van der Waals surface area contributed by atoms with Gasteiger partial charge >= 0.3 is 0 Å². The Hall–Kier alpha value is 0.0649. The van der Waals surface area contributed by atoms with E-state index in [2.05, 4.69) is 0 Å². The first kappa shape index (κ1) is 8.91. The van der Waals surface area contributed by atoms with Crippen LogP contribution in [0.1, 0.15) is 20.8 Å². The molecule has 0 spiro atoms. The fraction of sp³-hybridized carbons (Fsp3) is 1.00. The topological polar surface area (TPSA) is 0 Å². The molecule has 0 saturated carbocycles.